The van der Waals surface area contributed by atoms with Crippen molar-refractivity contribution in [3.05, 3.63) is 64.7 Å². The molecule has 4 heteroatoms. The Morgan fingerprint density at radius 1 is 1.11 bits per heavy atom. The molecule has 2 aromatic carbocycles. The maximum atomic E-state index is 10.6. The van der Waals surface area contributed by atoms with Crippen LogP contribution in [0.4, 0.5) is 5.69 Å². The van der Waals surface area contributed by atoms with Crippen LogP contribution in [0.3, 0.4) is 0 Å². The summed E-state index contributed by atoms with van der Waals surface area (Å²) in [5, 5.41) is 11.2. The number of hydrogen-bond donors (Lipinski definition) is 0. The summed E-state index contributed by atoms with van der Waals surface area (Å²) in [6.07, 6.45) is 1.64. The first-order valence-corrected chi connectivity index (χ1v) is 5.64. The third-order valence-corrected chi connectivity index (χ3v) is 2.71. The summed E-state index contributed by atoms with van der Waals surface area (Å²) in [5.74, 6) is -1.20. The van der Waals surface area contributed by atoms with Gasteiger partial charge in [-0.1, -0.05) is 41.9 Å². The SMILES string of the molecule is O=C([O-])c1ccc(N=Cc2ccccc2Cl)cc1. The number of hydrogen-bond acceptors (Lipinski definition) is 3. The smallest absolute Gasteiger partial charge is 0.0715 e. The second-order valence-electron chi connectivity index (χ2n) is 3.61. The number of halogens is 1. The van der Waals surface area contributed by atoms with Crippen molar-refractivity contribution in [1.29, 1.82) is 0 Å². The van der Waals surface area contributed by atoms with Crippen molar-refractivity contribution in [2.24, 2.45) is 4.99 Å². The first kappa shape index (κ1) is 12.3. The number of carbonyl (C=O) groups excluding carboxylic acids is 1. The number of aliphatic imine (C=N–C) groups is 1. The van der Waals surface area contributed by atoms with Gasteiger partial charge in [-0.15, -0.1) is 0 Å². The average Bonchev–Trinajstić information content (AvgIpc) is 2.38. The predicted octanol–water partition coefficient (Wildman–Crippen LogP) is 2.45. The lowest BCUT2D eigenvalue weighted by Gasteiger charge is -2.01. The molecule has 0 aliphatic heterocycles. The van der Waals surface area contributed by atoms with E-state index in [1.807, 2.05) is 18.2 Å². The van der Waals surface area contributed by atoms with Gasteiger partial charge in [0, 0.05) is 16.8 Å². The minimum absolute atomic E-state index is 0.131. The quantitative estimate of drug-likeness (QED) is 0.794. The van der Waals surface area contributed by atoms with E-state index in [1.165, 1.54) is 12.1 Å². The van der Waals surface area contributed by atoms with E-state index in [9.17, 15) is 9.90 Å². The largest absolute Gasteiger partial charge is 0.545 e. The lowest BCUT2D eigenvalue weighted by Crippen LogP contribution is -2.21. The molecular weight excluding hydrogens is 250 g/mol. The Labute approximate surface area is 109 Å². The highest BCUT2D eigenvalue weighted by atomic mass is 35.5. The molecule has 2 aromatic rings. The monoisotopic (exact) mass is 258 g/mol. The molecule has 18 heavy (non-hydrogen) atoms. The highest BCUT2D eigenvalue weighted by molar-refractivity contribution is 6.33. The summed E-state index contributed by atoms with van der Waals surface area (Å²) >= 11 is 5.98. The van der Waals surface area contributed by atoms with Gasteiger partial charge in [0.15, 0.2) is 0 Å². The minimum Gasteiger partial charge on any atom is -0.545 e. The standard InChI is InChI=1S/C14H10ClNO2/c15-13-4-2-1-3-11(13)9-16-12-7-5-10(6-8-12)14(17)18/h1-9H,(H,17,18)/p-1. The molecule has 0 aliphatic rings. The van der Waals surface area contributed by atoms with Crippen LogP contribution in [-0.4, -0.2) is 12.2 Å². The number of nitrogens with zero attached hydrogens (tertiary/aromatic N) is 1. The molecule has 0 N–H and O–H groups in total. The molecule has 0 saturated heterocycles. The molecule has 0 saturated carbocycles. The molecule has 0 radical (unpaired) electrons. The lowest BCUT2D eigenvalue weighted by molar-refractivity contribution is -0.255. The average molecular weight is 259 g/mol. The fraction of sp³-hybridized carbons (Fsp3) is 0. The van der Waals surface area contributed by atoms with Gasteiger partial charge in [-0.25, -0.2) is 0 Å². The molecular formula is C14H9ClNO2-. The van der Waals surface area contributed by atoms with E-state index in [1.54, 1.807) is 24.4 Å². The Kier molecular flexibility index (Phi) is 3.75. The molecule has 0 heterocycles. The number of benzene rings is 2. The topological polar surface area (TPSA) is 52.5 Å². The van der Waals surface area contributed by atoms with Crippen molar-refractivity contribution >= 4 is 29.5 Å². The molecule has 2 rings (SSSR count). The summed E-state index contributed by atoms with van der Waals surface area (Å²) in [5.41, 5.74) is 1.59. The Bertz CT molecular complexity index is 591. The van der Waals surface area contributed by atoms with Crippen LogP contribution >= 0.6 is 11.6 Å². The van der Waals surface area contributed by atoms with Crippen LogP contribution in [0.5, 0.6) is 0 Å². The van der Waals surface area contributed by atoms with Crippen molar-refractivity contribution in [2.75, 3.05) is 0 Å². The fourth-order valence-electron chi connectivity index (χ4n) is 1.41. The molecule has 0 spiro atoms. The van der Waals surface area contributed by atoms with Crippen LogP contribution in [0.1, 0.15) is 15.9 Å². The molecule has 0 amide bonds. The molecule has 90 valence electrons. The Morgan fingerprint density at radius 3 is 2.39 bits per heavy atom. The van der Waals surface area contributed by atoms with Crippen molar-refractivity contribution in [1.82, 2.24) is 0 Å². The summed E-state index contributed by atoms with van der Waals surface area (Å²) in [7, 11) is 0. The van der Waals surface area contributed by atoms with Gasteiger partial charge in [0.25, 0.3) is 0 Å². The molecule has 0 aliphatic carbocycles. The van der Waals surface area contributed by atoms with Gasteiger partial charge in [0.2, 0.25) is 0 Å². The van der Waals surface area contributed by atoms with Gasteiger partial charge in [-0.3, -0.25) is 4.99 Å². The van der Waals surface area contributed by atoms with Gasteiger partial charge in [-0.2, -0.15) is 0 Å². The van der Waals surface area contributed by atoms with E-state index in [0.29, 0.717) is 10.7 Å². The van der Waals surface area contributed by atoms with Crippen LogP contribution < -0.4 is 5.11 Å². The van der Waals surface area contributed by atoms with Gasteiger partial charge in [-0.05, 0) is 23.8 Å². The van der Waals surface area contributed by atoms with Crippen LogP contribution in [0, 0.1) is 0 Å². The zero-order chi connectivity index (χ0) is 13.0. The van der Waals surface area contributed by atoms with Crippen molar-refractivity contribution in [2.45, 2.75) is 0 Å². The van der Waals surface area contributed by atoms with Crippen molar-refractivity contribution < 1.29 is 9.90 Å². The first-order chi connectivity index (χ1) is 8.66. The lowest BCUT2D eigenvalue weighted by atomic mass is 10.2. The summed E-state index contributed by atoms with van der Waals surface area (Å²) in [6.45, 7) is 0. The normalized spacial score (nSPS) is 10.7. The third kappa shape index (κ3) is 2.96. The van der Waals surface area contributed by atoms with Crippen LogP contribution in [-0.2, 0) is 0 Å². The first-order valence-electron chi connectivity index (χ1n) is 5.27. The van der Waals surface area contributed by atoms with Crippen LogP contribution in [0.25, 0.3) is 0 Å². The Balaban J connectivity index is 2.19. The molecule has 0 unspecified atom stereocenters. The second kappa shape index (κ2) is 5.47. The van der Waals surface area contributed by atoms with Crippen molar-refractivity contribution in [3.8, 4) is 0 Å². The second-order valence-corrected chi connectivity index (χ2v) is 4.02. The van der Waals surface area contributed by atoms with Gasteiger partial charge >= 0.3 is 0 Å². The zero-order valence-corrected chi connectivity index (χ0v) is 10.1. The summed E-state index contributed by atoms with van der Waals surface area (Å²) in [4.78, 5) is 14.8. The van der Waals surface area contributed by atoms with Gasteiger partial charge < -0.3 is 9.90 Å². The molecule has 0 aromatic heterocycles. The van der Waals surface area contributed by atoms with E-state index < -0.39 is 5.97 Å². The highest BCUT2D eigenvalue weighted by Crippen LogP contribution is 2.16. The molecule has 0 bridgehead atoms. The zero-order valence-electron chi connectivity index (χ0n) is 9.34. The number of carbonyl (C=O) groups is 1. The van der Waals surface area contributed by atoms with E-state index in [0.717, 1.165) is 5.56 Å². The van der Waals surface area contributed by atoms with Gasteiger partial charge in [0.05, 0.1) is 11.7 Å². The minimum atomic E-state index is -1.20. The van der Waals surface area contributed by atoms with Crippen molar-refractivity contribution in [3.63, 3.8) is 0 Å². The Hall–Kier alpha value is -2.13. The van der Waals surface area contributed by atoms with Crippen LogP contribution in [0.15, 0.2) is 53.5 Å². The molecule has 0 fully saturated rings. The highest BCUT2D eigenvalue weighted by Gasteiger charge is 1.96. The molecule has 3 nitrogen and oxygen atoms in total. The van der Waals surface area contributed by atoms with Crippen LogP contribution in [0.2, 0.25) is 5.02 Å². The van der Waals surface area contributed by atoms with E-state index in [4.69, 9.17) is 11.6 Å². The Morgan fingerprint density at radius 2 is 1.78 bits per heavy atom. The fourth-order valence-corrected chi connectivity index (χ4v) is 1.59. The number of carboxylic acids is 1. The maximum absolute atomic E-state index is 10.6. The summed E-state index contributed by atoms with van der Waals surface area (Å²) < 4.78 is 0. The number of carboxylic acid groups (broad SMARTS) is 1. The third-order valence-electron chi connectivity index (χ3n) is 2.36. The molecule has 0 atom stereocenters. The predicted molar refractivity (Wildman–Crippen MR) is 69.5 cm³/mol. The van der Waals surface area contributed by atoms with E-state index in [-0.39, 0.29) is 5.56 Å². The van der Waals surface area contributed by atoms with E-state index >= 15 is 0 Å². The van der Waals surface area contributed by atoms with E-state index in [2.05, 4.69) is 4.99 Å². The maximum Gasteiger partial charge on any atom is 0.0715 e. The summed E-state index contributed by atoms with van der Waals surface area (Å²) in [6, 6.07) is 13.5. The number of rotatable bonds is 3. The van der Waals surface area contributed by atoms with Gasteiger partial charge in [0.1, 0.15) is 0 Å². The number of aromatic carboxylic acids is 1.